The Bertz CT molecular complexity index is 968. The van der Waals surface area contributed by atoms with Gasteiger partial charge in [-0.15, -0.1) is 0 Å². The predicted molar refractivity (Wildman–Crippen MR) is 128 cm³/mol. The molecule has 2 aliphatic rings. The standard InChI is InChI=1S/C25H32N4O5/c1-28-12-14-29(15-13-28)20-6-8-21(9-7-20)33-18-23(27-34-24-5-3-4-16-32-24)22-17-19(10-11-26-22)25(30)31-2/h6-11,17,24H,3-5,12-16,18H2,1-2H3/b27-23+. The molecule has 0 amide bonds. The van der Waals surface area contributed by atoms with Crippen molar-refractivity contribution >= 4 is 17.4 Å². The lowest BCUT2D eigenvalue weighted by molar-refractivity contribution is -0.162. The van der Waals surface area contributed by atoms with Crippen molar-refractivity contribution in [2.75, 3.05) is 58.5 Å². The summed E-state index contributed by atoms with van der Waals surface area (Å²) in [6, 6.07) is 11.3. The molecule has 0 N–H and O–H groups in total. The van der Waals surface area contributed by atoms with Crippen LogP contribution in [0.1, 0.15) is 35.3 Å². The summed E-state index contributed by atoms with van der Waals surface area (Å²) in [5.41, 5.74) is 2.50. The van der Waals surface area contributed by atoms with Crippen LogP contribution in [-0.4, -0.2) is 81.4 Å². The van der Waals surface area contributed by atoms with Gasteiger partial charge in [-0.1, -0.05) is 5.16 Å². The summed E-state index contributed by atoms with van der Waals surface area (Å²) >= 11 is 0. The highest BCUT2D eigenvalue weighted by molar-refractivity contribution is 6.01. The highest BCUT2D eigenvalue weighted by Gasteiger charge is 2.18. The first-order valence-corrected chi connectivity index (χ1v) is 11.7. The van der Waals surface area contributed by atoms with Crippen LogP contribution < -0.4 is 9.64 Å². The molecule has 2 aliphatic heterocycles. The van der Waals surface area contributed by atoms with Gasteiger partial charge in [0.2, 0.25) is 6.29 Å². The molecule has 2 aromatic rings. The van der Waals surface area contributed by atoms with Gasteiger partial charge in [-0.3, -0.25) is 4.98 Å². The first-order valence-electron chi connectivity index (χ1n) is 11.7. The van der Waals surface area contributed by atoms with Crippen LogP contribution in [0.25, 0.3) is 0 Å². The van der Waals surface area contributed by atoms with E-state index in [2.05, 4.69) is 39.1 Å². The number of aromatic nitrogens is 1. The minimum Gasteiger partial charge on any atom is -0.487 e. The van der Waals surface area contributed by atoms with Crippen molar-refractivity contribution in [1.29, 1.82) is 0 Å². The van der Waals surface area contributed by atoms with Crippen LogP contribution in [0.4, 0.5) is 5.69 Å². The van der Waals surface area contributed by atoms with E-state index in [9.17, 15) is 4.79 Å². The Hall–Kier alpha value is -3.17. The maximum atomic E-state index is 12.0. The van der Waals surface area contributed by atoms with Gasteiger partial charge >= 0.3 is 5.97 Å². The van der Waals surface area contributed by atoms with Gasteiger partial charge in [0.25, 0.3) is 0 Å². The van der Waals surface area contributed by atoms with Gasteiger partial charge < -0.3 is 28.8 Å². The second-order valence-corrected chi connectivity index (χ2v) is 8.43. The smallest absolute Gasteiger partial charge is 0.337 e. The second-order valence-electron chi connectivity index (χ2n) is 8.43. The summed E-state index contributed by atoms with van der Waals surface area (Å²) < 4.78 is 16.5. The number of hydrogen-bond donors (Lipinski definition) is 0. The molecular weight excluding hydrogens is 436 g/mol. The number of methoxy groups -OCH3 is 1. The van der Waals surface area contributed by atoms with Gasteiger partial charge in [0, 0.05) is 44.5 Å². The van der Waals surface area contributed by atoms with Crippen molar-refractivity contribution in [3.8, 4) is 5.75 Å². The predicted octanol–water partition coefficient (Wildman–Crippen LogP) is 2.95. The number of pyridine rings is 1. The van der Waals surface area contributed by atoms with Crippen molar-refractivity contribution in [2.45, 2.75) is 25.6 Å². The van der Waals surface area contributed by atoms with E-state index in [0.717, 1.165) is 45.4 Å². The van der Waals surface area contributed by atoms with Crippen molar-refractivity contribution in [3.63, 3.8) is 0 Å². The number of benzene rings is 1. The van der Waals surface area contributed by atoms with Crippen LogP contribution >= 0.6 is 0 Å². The Morgan fingerprint density at radius 2 is 1.94 bits per heavy atom. The Labute approximate surface area is 200 Å². The maximum Gasteiger partial charge on any atom is 0.337 e. The van der Waals surface area contributed by atoms with Gasteiger partial charge in [-0.05, 0) is 56.3 Å². The SMILES string of the molecule is COC(=O)c1ccnc(/C(COc2ccc(N3CCN(C)CC3)cc2)=N/OC2CCCCO2)c1. The lowest BCUT2D eigenvalue weighted by atomic mass is 10.2. The van der Waals surface area contributed by atoms with E-state index in [1.165, 1.54) is 12.8 Å². The van der Waals surface area contributed by atoms with Crippen molar-refractivity contribution in [1.82, 2.24) is 9.88 Å². The molecule has 0 bridgehead atoms. The largest absolute Gasteiger partial charge is 0.487 e. The van der Waals surface area contributed by atoms with E-state index in [0.29, 0.717) is 29.3 Å². The molecule has 0 aliphatic carbocycles. The van der Waals surface area contributed by atoms with Crippen LogP contribution in [0.3, 0.4) is 0 Å². The minimum atomic E-state index is -0.444. The molecule has 2 saturated heterocycles. The van der Waals surface area contributed by atoms with Gasteiger partial charge in [-0.2, -0.15) is 0 Å². The number of carbonyl (C=O) groups excluding carboxylic acids is 1. The van der Waals surface area contributed by atoms with E-state index in [-0.39, 0.29) is 6.61 Å². The molecular formula is C25H32N4O5. The van der Waals surface area contributed by atoms with E-state index < -0.39 is 12.3 Å². The lowest BCUT2D eigenvalue weighted by Gasteiger charge is -2.34. The molecule has 9 nitrogen and oxygen atoms in total. The van der Waals surface area contributed by atoms with Crippen LogP contribution in [-0.2, 0) is 14.3 Å². The average molecular weight is 469 g/mol. The number of nitrogens with zero attached hydrogens (tertiary/aromatic N) is 4. The molecule has 1 aromatic carbocycles. The molecule has 2 fully saturated rings. The zero-order chi connectivity index (χ0) is 23.8. The number of rotatable bonds is 8. The third-order valence-electron chi connectivity index (χ3n) is 5.98. The van der Waals surface area contributed by atoms with Crippen LogP contribution in [0.15, 0.2) is 47.8 Å². The summed E-state index contributed by atoms with van der Waals surface area (Å²) in [5.74, 6) is 0.267. The fourth-order valence-electron chi connectivity index (χ4n) is 3.87. The van der Waals surface area contributed by atoms with Crippen molar-refractivity contribution in [2.24, 2.45) is 5.16 Å². The van der Waals surface area contributed by atoms with E-state index in [1.807, 2.05) is 12.1 Å². The Morgan fingerprint density at radius 1 is 1.15 bits per heavy atom. The average Bonchev–Trinajstić information content (AvgIpc) is 2.90. The first-order chi connectivity index (χ1) is 16.6. The fourth-order valence-corrected chi connectivity index (χ4v) is 3.87. The summed E-state index contributed by atoms with van der Waals surface area (Å²) in [6.07, 6.45) is 3.98. The highest BCUT2D eigenvalue weighted by Crippen LogP contribution is 2.21. The number of oxime groups is 1. The number of carbonyl (C=O) groups is 1. The summed E-state index contributed by atoms with van der Waals surface area (Å²) in [4.78, 5) is 26.7. The summed E-state index contributed by atoms with van der Waals surface area (Å²) in [7, 11) is 3.49. The molecule has 4 rings (SSSR count). The molecule has 34 heavy (non-hydrogen) atoms. The molecule has 0 spiro atoms. The van der Waals surface area contributed by atoms with E-state index in [4.69, 9.17) is 19.0 Å². The number of likely N-dealkylation sites (N-methyl/N-ethyl adjacent to an activating group) is 1. The zero-order valence-electron chi connectivity index (χ0n) is 19.8. The first kappa shape index (κ1) is 24.0. The number of anilines is 1. The monoisotopic (exact) mass is 468 g/mol. The van der Waals surface area contributed by atoms with E-state index >= 15 is 0 Å². The maximum absolute atomic E-state index is 12.0. The Kier molecular flexibility index (Phi) is 8.32. The molecule has 9 heteroatoms. The highest BCUT2D eigenvalue weighted by atomic mass is 16.8. The summed E-state index contributed by atoms with van der Waals surface area (Å²) in [6.45, 7) is 4.91. The molecule has 0 radical (unpaired) electrons. The van der Waals surface area contributed by atoms with Crippen molar-refractivity contribution < 1.29 is 23.8 Å². The minimum absolute atomic E-state index is 0.123. The molecule has 3 heterocycles. The molecule has 182 valence electrons. The lowest BCUT2D eigenvalue weighted by Crippen LogP contribution is -2.44. The second kappa shape index (κ2) is 11.8. The Morgan fingerprint density at radius 3 is 2.65 bits per heavy atom. The quantitative estimate of drug-likeness (QED) is 0.332. The van der Waals surface area contributed by atoms with Crippen molar-refractivity contribution in [3.05, 3.63) is 53.9 Å². The van der Waals surface area contributed by atoms with Gasteiger partial charge in [-0.25, -0.2) is 4.79 Å². The number of esters is 1. The normalized spacial score (nSPS) is 19.5. The van der Waals surface area contributed by atoms with Crippen LogP contribution in [0, 0.1) is 0 Å². The number of ether oxygens (including phenoxy) is 3. The third-order valence-corrected chi connectivity index (χ3v) is 5.98. The van der Waals surface area contributed by atoms with E-state index in [1.54, 1.807) is 18.3 Å². The topological polar surface area (TPSA) is 85.7 Å². The third kappa shape index (κ3) is 6.45. The van der Waals surface area contributed by atoms with Crippen LogP contribution in [0.5, 0.6) is 5.75 Å². The van der Waals surface area contributed by atoms with Gasteiger partial charge in [0.15, 0.2) is 0 Å². The molecule has 1 aromatic heterocycles. The number of piperazine rings is 1. The fraction of sp³-hybridized carbons (Fsp3) is 0.480. The van der Waals surface area contributed by atoms with Gasteiger partial charge in [0.05, 0.1) is 25.0 Å². The zero-order valence-corrected chi connectivity index (χ0v) is 19.8. The molecule has 1 unspecified atom stereocenters. The Balaban J connectivity index is 1.45. The van der Waals surface area contributed by atoms with Crippen LogP contribution in [0.2, 0.25) is 0 Å². The molecule has 0 saturated carbocycles. The van der Waals surface area contributed by atoms with Gasteiger partial charge in [0.1, 0.15) is 18.1 Å². The summed E-state index contributed by atoms with van der Waals surface area (Å²) in [5, 5.41) is 4.30. The number of hydrogen-bond acceptors (Lipinski definition) is 9. The molecule has 1 atom stereocenters.